The summed E-state index contributed by atoms with van der Waals surface area (Å²) in [5, 5.41) is 56.0. The zero-order chi connectivity index (χ0) is 21.4. The van der Waals surface area contributed by atoms with Gasteiger partial charge in [-0.05, 0) is 6.07 Å². The van der Waals surface area contributed by atoms with E-state index in [1.807, 2.05) is 18.2 Å². The molecule has 0 saturated heterocycles. The number of hydrogen-bond acceptors (Lipinski definition) is 11. The Hall–Kier alpha value is -5.49. The topological polar surface area (TPSA) is 206 Å². The minimum Gasteiger partial charge on any atom is -0.261 e. The molecule has 4 rings (SSSR count). The number of nitriles is 6. The summed E-state index contributed by atoms with van der Waals surface area (Å²) in [7, 11) is 0. The predicted octanol–water partition coefficient (Wildman–Crippen LogP) is 1.06. The lowest BCUT2D eigenvalue weighted by Crippen LogP contribution is -2.28. The van der Waals surface area contributed by atoms with Crippen LogP contribution in [0.1, 0.15) is 46.0 Å². The van der Waals surface area contributed by atoms with Gasteiger partial charge in [0, 0.05) is 5.56 Å². The van der Waals surface area contributed by atoms with Crippen molar-refractivity contribution in [3.05, 3.63) is 40.0 Å². The highest BCUT2D eigenvalue weighted by Gasteiger charge is 2.41. The van der Waals surface area contributed by atoms with Crippen LogP contribution in [0.4, 0.5) is 0 Å². The van der Waals surface area contributed by atoms with Gasteiger partial charge in [0.2, 0.25) is 0 Å². The van der Waals surface area contributed by atoms with Crippen molar-refractivity contribution in [3.63, 3.8) is 0 Å². The second kappa shape index (κ2) is 6.59. The van der Waals surface area contributed by atoms with Crippen LogP contribution < -0.4 is 0 Å². The smallest absolute Gasteiger partial charge is 0.177 e. The third-order valence-corrected chi connectivity index (χ3v) is 4.51. The maximum absolute atomic E-state index is 9.36. The molecule has 2 aliphatic rings. The van der Waals surface area contributed by atoms with Gasteiger partial charge < -0.3 is 0 Å². The Balaban J connectivity index is 2.14. The number of nitrogens with zero attached hydrogens (tertiary/aromatic N) is 11. The Kier molecular flexibility index (Phi) is 3.93. The third kappa shape index (κ3) is 2.35. The fraction of sp³-hybridized carbons (Fsp3) is 0.105. The molecule has 0 saturated carbocycles. The van der Waals surface area contributed by atoms with E-state index in [1.54, 1.807) is 18.2 Å². The van der Waals surface area contributed by atoms with E-state index in [2.05, 4.69) is 24.9 Å². The van der Waals surface area contributed by atoms with Gasteiger partial charge in [0.1, 0.15) is 54.2 Å². The lowest BCUT2D eigenvalue weighted by molar-refractivity contribution is 0.548. The van der Waals surface area contributed by atoms with E-state index in [0.717, 1.165) is 0 Å². The van der Waals surface area contributed by atoms with E-state index in [9.17, 15) is 31.6 Å². The van der Waals surface area contributed by atoms with Gasteiger partial charge in [-0.15, -0.1) is 0 Å². The largest absolute Gasteiger partial charge is 0.261 e. The first-order valence-electron chi connectivity index (χ1n) is 8.13. The first-order valence-corrected chi connectivity index (χ1v) is 8.13. The second-order valence-corrected chi connectivity index (χ2v) is 5.99. The van der Waals surface area contributed by atoms with Crippen LogP contribution >= 0.6 is 0 Å². The third-order valence-electron chi connectivity index (χ3n) is 4.51. The summed E-state index contributed by atoms with van der Waals surface area (Å²) in [5.41, 5.74) is -0.333. The maximum atomic E-state index is 9.36. The lowest BCUT2D eigenvalue weighted by atomic mass is 9.85. The highest BCUT2D eigenvalue weighted by Crippen LogP contribution is 2.48. The van der Waals surface area contributed by atoms with Gasteiger partial charge in [-0.3, -0.25) is 9.98 Å². The summed E-state index contributed by atoms with van der Waals surface area (Å²) < 4.78 is 0. The summed E-state index contributed by atoms with van der Waals surface area (Å²) in [6.45, 7) is 0. The normalized spacial score (nSPS) is 17.5. The van der Waals surface area contributed by atoms with Gasteiger partial charge in [-0.25, -0.2) is 15.0 Å². The van der Waals surface area contributed by atoms with E-state index in [4.69, 9.17) is 0 Å². The highest BCUT2D eigenvalue weighted by atomic mass is 15.0. The van der Waals surface area contributed by atoms with Gasteiger partial charge in [0.05, 0.1) is 17.0 Å². The average Bonchev–Trinajstić information content (AvgIpc) is 2.81. The van der Waals surface area contributed by atoms with Crippen LogP contribution in [-0.4, -0.2) is 26.4 Å². The molecule has 2 unspecified atom stereocenters. The summed E-state index contributed by atoms with van der Waals surface area (Å²) in [4.78, 5) is 21.2. The zero-order valence-corrected chi connectivity index (χ0v) is 14.7. The number of aromatic nitrogens is 3. The second-order valence-electron chi connectivity index (χ2n) is 5.99. The molecule has 0 bridgehead atoms. The molecule has 2 atom stereocenters. The average molecular weight is 385 g/mol. The Morgan fingerprint density at radius 2 is 1.17 bits per heavy atom. The molecule has 0 spiro atoms. The molecular formula is C19H3N11. The fourth-order valence-corrected chi connectivity index (χ4v) is 3.25. The molecule has 0 aromatic carbocycles. The molecule has 0 amide bonds. The van der Waals surface area contributed by atoms with E-state index in [0.29, 0.717) is 5.56 Å². The van der Waals surface area contributed by atoms with E-state index >= 15 is 0 Å². The van der Waals surface area contributed by atoms with Crippen molar-refractivity contribution < 1.29 is 0 Å². The first-order chi connectivity index (χ1) is 14.6. The van der Waals surface area contributed by atoms with Crippen molar-refractivity contribution in [3.8, 4) is 47.8 Å². The van der Waals surface area contributed by atoms with Crippen LogP contribution in [-0.2, 0) is 0 Å². The molecule has 3 heterocycles. The minimum atomic E-state index is -0.923. The van der Waals surface area contributed by atoms with Gasteiger partial charge >= 0.3 is 0 Å². The Labute approximate surface area is 168 Å². The quantitative estimate of drug-likeness (QED) is 0.634. The van der Waals surface area contributed by atoms with Crippen molar-refractivity contribution in [2.75, 3.05) is 0 Å². The van der Waals surface area contributed by atoms with Crippen molar-refractivity contribution >= 4 is 11.4 Å². The lowest BCUT2D eigenvalue weighted by Gasteiger charge is -2.31. The van der Waals surface area contributed by atoms with Crippen molar-refractivity contribution in [2.24, 2.45) is 9.98 Å². The van der Waals surface area contributed by atoms with Gasteiger partial charge in [-0.1, -0.05) is 0 Å². The Morgan fingerprint density at radius 3 is 1.73 bits per heavy atom. The van der Waals surface area contributed by atoms with Gasteiger partial charge in [-0.2, -0.15) is 31.6 Å². The molecule has 11 nitrogen and oxygen atoms in total. The molecule has 2 aromatic rings. The molecule has 1 aliphatic carbocycles. The van der Waals surface area contributed by atoms with Crippen molar-refractivity contribution in [1.82, 2.24) is 15.0 Å². The maximum Gasteiger partial charge on any atom is 0.177 e. The van der Waals surface area contributed by atoms with Gasteiger partial charge in [0.15, 0.2) is 28.5 Å². The molecular weight excluding hydrogens is 382 g/mol. The number of aliphatic imine (C=N–C) groups is 2. The molecule has 0 radical (unpaired) electrons. The minimum absolute atomic E-state index is 0.00988. The Bertz CT molecular complexity index is 1360. The molecule has 11 heteroatoms. The summed E-state index contributed by atoms with van der Waals surface area (Å²) >= 11 is 0. The van der Waals surface area contributed by atoms with E-state index in [-0.39, 0.29) is 51.2 Å². The van der Waals surface area contributed by atoms with Crippen LogP contribution in [0.15, 0.2) is 16.1 Å². The fourth-order valence-electron chi connectivity index (χ4n) is 3.25. The number of hydrogen-bond donors (Lipinski definition) is 0. The van der Waals surface area contributed by atoms with Gasteiger partial charge in [0.25, 0.3) is 0 Å². The van der Waals surface area contributed by atoms with Crippen LogP contribution in [0.3, 0.4) is 0 Å². The highest BCUT2D eigenvalue weighted by molar-refractivity contribution is 6.53. The molecule has 0 N–H and O–H groups in total. The number of fused-ring (bicyclic) bond motifs is 6. The molecule has 1 aliphatic heterocycles. The van der Waals surface area contributed by atoms with E-state index < -0.39 is 12.1 Å². The number of pyridine rings is 1. The molecule has 134 valence electrons. The van der Waals surface area contributed by atoms with Crippen molar-refractivity contribution in [1.29, 1.82) is 31.6 Å². The molecule has 0 fully saturated rings. The number of rotatable bonds is 0. The first kappa shape index (κ1) is 17.9. The predicted molar refractivity (Wildman–Crippen MR) is 95.7 cm³/mol. The van der Waals surface area contributed by atoms with E-state index in [1.165, 1.54) is 6.07 Å². The van der Waals surface area contributed by atoms with Crippen LogP contribution in [0.2, 0.25) is 0 Å². The van der Waals surface area contributed by atoms with Crippen LogP contribution in [0, 0.1) is 68.0 Å². The monoisotopic (exact) mass is 385 g/mol. The molecule has 2 aromatic heterocycles. The summed E-state index contributed by atoms with van der Waals surface area (Å²) in [5.74, 6) is 0. The Morgan fingerprint density at radius 1 is 0.600 bits per heavy atom. The SMILES string of the molecule is N#CC1=NC2c3cc(C#N)c(C#N)nc3-c3nc(C#N)c(C#N)nc3C2N=C1C#N. The summed E-state index contributed by atoms with van der Waals surface area (Å²) in [6, 6.07) is 10.5. The van der Waals surface area contributed by atoms with Crippen LogP contribution in [0.5, 0.6) is 0 Å². The molecule has 30 heavy (non-hydrogen) atoms. The van der Waals surface area contributed by atoms with Crippen LogP contribution in [0.25, 0.3) is 11.4 Å². The zero-order valence-electron chi connectivity index (χ0n) is 14.7. The summed E-state index contributed by atoms with van der Waals surface area (Å²) in [6.07, 6.45) is 0. The standard InChI is InChI=1S/C19H3N11/c20-2-8-1-9-15(26-10(8)3-21)17-19(30-14(7-25)13(6-24)29-17)18-16(9)27-11(4-22)12(5-23)28-18/h1,16,18H. The van der Waals surface area contributed by atoms with Crippen molar-refractivity contribution in [2.45, 2.75) is 12.1 Å².